The molecular formula is C69H55Cl6F6N9O10S3. The largest absolute Gasteiger partial charge is 0.434 e. The van der Waals surface area contributed by atoms with E-state index < -0.39 is 61.4 Å². The maximum absolute atomic E-state index is 12.9. The van der Waals surface area contributed by atoms with Crippen molar-refractivity contribution in [1.29, 1.82) is 0 Å². The number of hydrogen-bond acceptors (Lipinski definition) is 16. The van der Waals surface area contributed by atoms with Crippen LogP contribution in [0.4, 0.5) is 26.3 Å². The number of rotatable bonds is 21. The van der Waals surface area contributed by atoms with E-state index in [2.05, 4.69) is 49.3 Å². The van der Waals surface area contributed by atoms with Crippen molar-refractivity contribution in [1.82, 2.24) is 29.9 Å². The average Bonchev–Trinajstić information content (AvgIpc) is 1.66. The third kappa shape index (κ3) is 16.8. The van der Waals surface area contributed by atoms with Crippen LogP contribution in [0.3, 0.4) is 0 Å². The minimum atomic E-state index is -3.40. The van der Waals surface area contributed by atoms with E-state index in [0.717, 1.165) is 0 Å². The molecule has 12 aromatic rings. The molecule has 103 heavy (non-hydrogen) atoms. The molecule has 0 radical (unpaired) electrons. The van der Waals surface area contributed by atoms with Gasteiger partial charge in [0, 0.05) is 38.9 Å². The van der Waals surface area contributed by atoms with Crippen LogP contribution in [0.15, 0.2) is 184 Å². The topological polar surface area (TPSA) is 301 Å². The molecule has 0 amide bonds. The first-order chi connectivity index (χ1) is 48.9. The van der Waals surface area contributed by atoms with Gasteiger partial charge in [-0.05, 0) is 83.9 Å². The quantitative estimate of drug-likeness (QED) is 0.0169. The number of aromatic amines is 3. The molecule has 3 aromatic heterocycles. The smallest absolute Gasteiger partial charge is 0.387 e. The number of H-pyrrole nitrogens is 3. The van der Waals surface area contributed by atoms with Crippen molar-refractivity contribution in [3.63, 3.8) is 0 Å². The number of nitrogens with one attached hydrogen (secondary N) is 3. The van der Waals surface area contributed by atoms with Crippen LogP contribution in [0.2, 0.25) is 30.1 Å². The van der Waals surface area contributed by atoms with Gasteiger partial charge < -0.3 is 45.8 Å². The van der Waals surface area contributed by atoms with Crippen LogP contribution in [0, 0.1) is 0 Å². The zero-order valence-electron chi connectivity index (χ0n) is 53.4. The Labute approximate surface area is 614 Å². The van der Waals surface area contributed by atoms with Crippen molar-refractivity contribution in [3.05, 3.63) is 228 Å². The first-order valence-electron chi connectivity index (χ1n) is 30.4. The highest BCUT2D eigenvalue weighted by Crippen LogP contribution is 2.47. The van der Waals surface area contributed by atoms with Crippen LogP contribution in [0.25, 0.3) is 66.5 Å². The second-order valence-electron chi connectivity index (χ2n) is 22.1. The number of oxime groups is 1. The number of alkyl halides is 6. The molecular weight excluding hydrogens is 1540 g/mol. The molecule has 3 heterocycles. The van der Waals surface area contributed by atoms with Gasteiger partial charge in [-0.3, -0.25) is 0 Å². The number of nitrogens with zero attached hydrogens (tertiary/aromatic N) is 4. The van der Waals surface area contributed by atoms with Gasteiger partial charge in [0.2, 0.25) is 0 Å². The minimum Gasteiger partial charge on any atom is -0.434 e. The number of ether oxygens (including phenoxy) is 3. The van der Waals surface area contributed by atoms with Crippen molar-refractivity contribution in [2.75, 3.05) is 17.3 Å². The molecule has 0 bridgehead atoms. The predicted molar refractivity (Wildman–Crippen MR) is 387 cm³/mol. The Balaban J connectivity index is 0.000000166. The minimum absolute atomic E-state index is 0.00491. The summed E-state index contributed by atoms with van der Waals surface area (Å²) in [6.07, 6.45) is 0. The Bertz CT molecular complexity index is 5310. The van der Waals surface area contributed by atoms with Gasteiger partial charge in [0.1, 0.15) is 45.4 Å². The molecule has 0 fully saturated rings. The lowest BCUT2D eigenvalue weighted by Crippen LogP contribution is -2.14. The lowest BCUT2D eigenvalue weighted by molar-refractivity contribution is -0.0501. The van der Waals surface area contributed by atoms with Crippen molar-refractivity contribution in [2.24, 2.45) is 16.6 Å². The molecule has 2 atom stereocenters. The Morgan fingerprint density at radius 3 is 1.04 bits per heavy atom. The summed E-state index contributed by atoms with van der Waals surface area (Å²) in [6.45, 7) is -4.39. The molecule has 0 aliphatic carbocycles. The first kappa shape index (κ1) is 77.0. The van der Waals surface area contributed by atoms with Crippen LogP contribution in [0.1, 0.15) is 67.0 Å². The third-order valence-corrected chi connectivity index (χ3v) is 23.1. The number of aromatic nitrogens is 6. The second kappa shape index (κ2) is 32.2. The van der Waals surface area contributed by atoms with Crippen LogP contribution in [-0.4, -0.2) is 103 Å². The molecule has 0 aliphatic rings. The summed E-state index contributed by atoms with van der Waals surface area (Å²) in [7, 11) is -10.1. The van der Waals surface area contributed by atoms with E-state index in [1.54, 1.807) is 99.6 Å². The van der Waals surface area contributed by atoms with E-state index >= 15 is 0 Å². The Hall–Kier alpha value is -8.65. The third-order valence-electron chi connectivity index (χ3n) is 15.9. The summed E-state index contributed by atoms with van der Waals surface area (Å²) in [5, 5.41) is 13.9. The average molecular weight is 1590 g/mol. The molecule has 0 saturated carbocycles. The Kier molecular flexibility index (Phi) is 24.0. The van der Waals surface area contributed by atoms with Gasteiger partial charge in [0.15, 0.2) is 41.0 Å². The van der Waals surface area contributed by atoms with E-state index in [9.17, 15) is 56.8 Å². The van der Waals surface area contributed by atoms with Crippen molar-refractivity contribution in [2.45, 2.75) is 67.4 Å². The van der Waals surface area contributed by atoms with E-state index in [4.69, 9.17) is 81.1 Å². The van der Waals surface area contributed by atoms with Gasteiger partial charge in [0.25, 0.3) is 0 Å². The normalized spacial score (nSPS) is 12.8. The zero-order chi connectivity index (χ0) is 74.6. The van der Waals surface area contributed by atoms with Crippen molar-refractivity contribution in [3.8, 4) is 50.6 Å². The number of nitrogens with two attached hydrogens (primary N) is 2. The fourth-order valence-electron chi connectivity index (χ4n) is 10.7. The van der Waals surface area contributed by atoms with Gasteiger partial charge in [-0.15, -0.1) is 0 Å². The molecule has 0 saturated heterocycles. The van der Waals surface area contributed by atoms with Crippen LogP contribution < -0.4 is 25.7 Å². The number of imidazole rings is 3. The van der Waals surface area contributed by atoms with E-state index in [0.29, 0.717) is 78.2 Å². The lowest BCUT2D eigenvalue weighted by atomic mass is 10.0. The molecule has 538 valence electrons. The van der Waals surface area contributed by atoms with E-state index in [1.165, 1.54) is 84.9 Å². The fourth-order valence-corrected chi connectivity index (χ4v) is 15.4. The van der Waals surface area contributed by atoms with Crippen molar-refractivity contribution >= 4 is 138 Å². The lowest BCUT2D eigenvalue weighted by Gasteiger charge is -2.13. The number of fused-ring (bicyclic) bond motifs is 3. The molecule has 34 heteroatoms. The maximum atomic E-state index is 12.9. The Morgan fingerprint density at radius 2 is 0.738 bits per heavy atom. The summed E-state index contributed by atoms with van der Waals surface area (Å²) in [4.78, 5) is 23.1. The zero-order valence-corrected chi connectivity index (χ0v) is 60.4. The van der Waals surface area contributed by atoms with E-state index in [1.807, 2.05) is 0 Å². The number of para-hydroxylation sites is 3. The van der Waals surface area contributed by atoms with Gasteiger partial charge >= 0.3 is 19.8 Å². The maximum Gasteiger partial charge on any atom is 0.387 e. The molecule has 8 N–H and O–H groups in total. The summed E-state index contributed by atoms with van der Waals surface area (Å²) in [5.74, 6) is 0.544. The fraction of sp³-hybridized carbons (Fsp3) is 0.159. The van der Waals surface area contributed by atoms with Gasteiger partial charge in [-0.1, -0.05) is 187 Å². The number of hydrogen-bond donors (Lipinski definition) is 6. The monoisotopic (exact) mass is 1590 g/mol. The second-order valence-corrected chi connectivity index (χ2v) is 31.3. The van der Waals surface area contributed by atoms with Gasteiger partial charge in [-0.25, -0.2) is 40.2 Å². The van der Waals surface area contributed by atoms with Crippen molar-refractivity contribution < 1.29 is 71.0 Å². The van der Waals surface area contributed by atoms with Crippen LogP contribution in [0.5, 0.6) is 17.2 Å². The van der Waals surface area contributed by atoms with Gasteiger partial charge in [-0.2, -0.15) is 26.3 Å². The highest BCUT2D eigenvalue weighted by Gasteiger charge is 2.28. The van der Waals surface area contributed by atoms with E-state index in [-0.39, 0.29) is 108 Å². The number of sulfone groups is 3. The first-order valence-corrected chi connectivity index (χ1v) is 37.6. The summed E-state index contributed by atoms with van der Waals surface area (Å²) >= 11 is 39.2. The number of halogens is 12. The molecule has 19 nitrogen and oxygen atoms in total. The molecule has 9 aromatic carbocycles. The van der Waals surface area contributed by atoms with Crippen LogP contribution >= 0.6 is 69.6 Å². The van der Waals surface area contributed by atoms with Gasteiger partial charge in [0.05, 0.1) is 90.7 Å². The molecule has 0 spiro atoms. The SMILES string of the molecule is CCS(=O)(=O)c1ccc(C(=NO)c2nc3c(Cl)c(-c4ccccc4OC(F)F)c(Cl)cc3[nH]2)cc1.CCS(=O)(=O)c1ccc(C(N)c2nc3c(Cl)c(-c4ccccc4OC(F)F)c(Cl)cc3[nH]2)cc1.CCS(=O)(=O)c1ccc(C(N)c2nc3c(Cl)c(-c4ccccc4OC(F)F)c(Cl)cc3[nH]2)cc1. The Morgan fingerprint density at radius 1 is 0.447 bits per heavy atom. The summed E-state index contributed by atoms with van der Waals surface area (Å²) in [6, 6.07) is 40.0. The predicted octanol–water partition coefficient (Wildman–Crippen LogP) is 18.1. The highest BCUT2D eigenvalue weighted by atomic mass is 35.5. The molecule has 2 unspecified atom stereocenters. The summed E-state index contributed by atoms with van der Waals surface area (Å²) < 4.78 is 163. The molecule has 12 rings (SSSR count). The van der Waals surface area contributed by atoms with Crippen LogP contribution in [-0.2, 0) is 29.5 Å². The summed E-state index contributed by atoms with van der Waals surface area (Å²) in [5.41, 5.74) is 18.4. The molecule has 0 aliphatic heterocycles. The number of benzene rings is 9. The standard InChI is InChI=1S/C23H17Cl2F2N3O4S.2C23H19Cl2F2N3O3S/c1-2-35(32,33)13-9-7-12(8-10-13)20(30-31)22-28-16-11-15(24)18(19(25)21(16)29-22)14-5-3-4-6-17(14)34-23(26)27;2*1-2-34(31,32)13-9-7-12(8-10-13)20(28)22-29-16-11-15(24)18(19(25)21(16)30-22)14-5-3-4-6-17(14)33-23(26)27/h3-11,23,31H,2H2,1H3,(H,28,29);2*3-11,20,23H,2,28H2,1H3,(H,29,30). The highest BCUT2D eigenvalue weighted by molar-refractivity contribution is 7.92.